The number of hydrogen-bond donors (Lipinski definition) is 1. The second-order valence-corrected chi connectivity index (χ2v) is 5.88. The smallest absolute Gasteiger partial charge is 0.299 e. The Labute approximate surface area is 165 Å². The average molecular weight is 395 g/mol. The van der Waals surface area contributed by atoms with Crippen molar-refractivity contribution in [2.75, 3.05) is 18.5 Å². The molecular weight excluding hydrogens is 378 g/mol. The molecule has 0 amide bonds. The van der Waals surface area contributed by atoms with Crippen LogP contribution in [0.5, 0.6) is 11.5 Å². The molecule has 0 heterocycles. The second kappa shape index (κ2) is 9.18. The summed E-state index contributed by atoms with van der Waals surface area (Å²) in [5.41, 5.74) is 0.0154. The van der Waals surface area contributed by atoms with E-state index in [-0.39, 0.29) is 17.1 Å². The van der Waals surface area contributed by atoms with Gasteiger partial charge in [0.1, 0.15) is 30.4 Å². The van der Waals surface area contributed by atoms with Crippen LogP contribution in [0.1, 0.15) is 0 Å². The average Bonchev–Trinajstić information content (AvgIpc) is 2.73. The van der Waals surface area contributed by atoms with Crippen molar-refractivity contribution in [3.05, 3.63) is 93.0 Å². The van der Waals surface area contributed by atoms with Crippen molar-refractivity contribution in [2.24, 2.45) is 0 Å². The molecule has 0 saturated heterocycles. The lowest BCUT2D eigenvalue weighted by molar-refractivity contribution is -0.393. The molecule has 29 heavy (non-hydrogen) atoms. The number of hydrogen-bond acceptors (Lipinski definition) is 7. The molecule has 9 nitrogen and oxygen atoms in total. The van der Waals surface area contributed by atoms with Crippen LogP contribution in [0.15, 0.2) is 72.8 Å². The minimum Gasteiger partial charge on any atom is -0.490 e. The van der Waals surface area contributed by atoms with Gasteiger partial charge in [0.15, 0.2) is 0 Å². The molecule has 0 spiro atoms. The highest BCUT2D eigenvalue weighted by Gasteiger charge is 2.19. The lowest BCUT2D eigenvalue weighted by Crippen LogP contribution is -2.08. The summed E-state index contributed by atoms with van der Waals surface area (Å²) in [5, 5.41) is 24.9. The highest BCUT2D eigenvalue weighted by atomic mass is 16.6. The Hall–Kier alpha value is -4.14. The molecular formula is C20H17N3O6. The number of rotatable bonds is 9. The molecule has 0 bridgehead atoms. The van der Waals surface area contributed by atoms with Crippen LogP contribution in [-0.2, 0) is 0 Å². The first-order valence-corrected chi connectivity index (χ1v) is 8.63. The van der Waals surface area contributed by atoms with Gasteiger partial charge in [-0.15, -0.1) is 0 Å². The molecule has 3 aromatic carbocycles. The number of benzene rings is 3. The van der Waals surface area contributed by atoms with Crippen molar-refractivity contribution >= 4 is 22.7 Å². The first kappa shape index (κ1) is 19.6. The Kier molecular flexibility index (Phi) is 6.21. The summed E-state index contributed by atoms with van der Waals surface area (Å²) in [6, 6.07) is 19.6. The minimum absolute atomic E-state index is 0.158. The van der Waals surface area contributed by atoms with Crippen molar-refractivity contribution in [1.29, 1.82) is 0 Å². The fourth-order valence-corrected chi connectivity index (χ4v) is 2.52. The van der Waals surface area contributed by atoms with E-state index in [9.17, 15) is 20.2 Å². The molecule has 9 heteroatoms. The van der Waals surface area contributed by atoms with E-state index < -0.39 is 9.85 Å². The molecule has 0 aliphatic carbocycles. The van der Waals surface area contributed by atoms with Gasteiger partial charge in [-0.1, -0.05) is 18.2 Å². The number of nitrogens with zero attached hydrogens (tertiary/aromatic N) is 2. The molecule has 3 aromatic rings. The van der Waals surface area contributed by atoms with Gasteiger partial charge in [-0.3, -0.25) is 20.2 Å². The summed E-state index contributed by atoms with van der Waals surface area (Å²) in [5.74, 6) is 1.38. The Morgan fingerprint density at radius 1 is 0.759 bits per heavy atom. The molecule has 1 N–H and O–H groups in total. The van der Waals surface area contributed by atoms with Crippen molar-refractivity contribution in [1.82, 2.24) is 0 Å². The number of ether oxygens (including phenoxy) is 2. The largest absolute Gasteiger partial charge is 0.490 e. The van der Waals surface area contributed by atoms with Gasteiger partial charge in [0.25, 0.3) is 11.4 Å². The highest BCUT2D eigenvalue weighted by Crippen LogP contribution is 2.31. The molecule has 0 aliphatic heterocycles. The zero-order valence-corrected chi connectivity index (χ0v) is 15.2. The Bertz CT molecular complexity index is 993. The maximum atomic E-state index is 11.2. The van der Waals surface area contributed by atoms with Crippen LogP contribution in [-0.4, -0.2) is 23.1 Å². The highest BCUT2D eigenvalue weighted by molar-refractivity contribution is 5.71. The molecule has 0 atom stereocenters. The van der Waals surface area contributed by atoms with E-state index in [4.69, 9.17) is 9.47 Å². The summed E-state index contributed by atoms with van der Waals surface area (Å²) in [4.78, 5) is 20.7. The standard InChI is InChI=1S/C20H17N3O6/c24-22(25)16-8-11-19(20(14-16)23(26)27)21-15-6-9-18(10-7-15)29-13-12-28-17-4-2-1-3-5-17/h1-11,14,21H,12-13H2. The number of nitro benzene ring substituents is 2. The third-order valence-corrected chi connectivity index (χ3v) is 3.89. The molecule has 0 fully saturated rings. The lowest BCUT2D eigenvalue weighted by Gasteiger charge is -2.10. The van der Waals surface area contributed by atoms with E-state index >= 15 is 0 Å². The van der Waals surface area contributed by atoms with Crippen LogP contribution >= 0.6 is 0 Å². The molecule has 0 aliphatic rings. The minimum atomic E-state index is -0.676. The van der Waals surface area contributed by atoms with Crippen molar-refractivity contribution in [2.45, 2.75) is 0 Å². The van der Waals surface area contributed by atoms with Gasteiger partial charge in [0.2, 0.25) is 0 Å². The van der Waals surface area contributed by atoms with E-state index in [1.807, 2.05) is 30.3 Å². The summed E-state index contributed by atoms with van der Waals surface area (Å²) in [6.45, 7) is 0.745. The summed E-state index contributed by atoms with van der Waals surface area (Å²) in [6.07, 6.45) is 0. The topological polar surface area (TPSA) is 117 Å². The van der Waals surface area contributed by atoms with Gasteiger partial charge in [0, 0.05) is 11.8 Å². The Morgan fingerprint density at radius 2 is 1.38 bits per heavy atom. The van der Waals surface area contributed by atoms with Crippen LogP contribution < -0.4 is 14.8 Å². The summed E-state index contributed by atoms with van der Waals surface area (Å²) >= 11 is 0. The van der Waals surface area contributed by atoms with Gasteiger partial charge >= 0.3 is 0 Å². The summed E-state index contributed by atoms with van der Waals surface area (Å²) < 4.78 is 11.1. The van der Waals surface area contributed by atoms with Crippen LogP contribution in [0.2, 0.25) is 0 Å². The lowest BCUT2D eigenvalue weighted by atomic mass is 10.2. The quantitative estimate of drug-likeness (QED) is 0.317. The number of nitrogens with one attached hydrogen (secondary N) is 1. The van der Waals surface area contributed by atoms with Crippen LogP contribution in [0, 0.1) is 20.2 Å². The SMILES string of the molecule is O=[N+]([O-])c1ccc(Nc2ccc(OCCOc3ccccc3)cc2)c([N+](=O)[O-])c1. The normalized spacial score (nSPS) is 10.2. The molecule has 148 valence electrons. The zero-order chi connectivity index (χ0) is 20.6. The zero-order valence-electron chi connectivity index (χ0n) is 15.2. The molecule has 0 radical (unpaired) electrons. The van der Waals surface area contributed by atoms with Crippen LogP contribution in [0.25, 0.3) is 0 Å². The van der Waals surface area contributed by atoms with Gasteiger partial charge in [-0.25, -0.2) is 0 Å². The number of nitro groups is 2. The Balaban J connectivity index is 1.58. The fourth-order valence-electron chi connectivity index (χ4n) is 2.52. The molecule has 0 saturated carbocycles. The third-order valence-electron chi connectivity index (χ3n) is 3.89. The maximum Gasteiger partial charge on any atom is 0.299 e. The predicted octanol–water partition coefficient (Wildman–Crippen LogP) is 4.70. The second-order valence-electron chi connectivity index (χ2n) is 5.88. The van der Waals surface area contributed by atoms with Crippen molar-refractivity contribution < 1.29 is 19.3 Å². The van der Waals surface area contributed by atoms with Crippen molar-refractivity contribution in [3.63, 3.8) is 0 Å². The molecule has 3 rings (SSSR count). The van der Waals surface area contributed by atoms with Gasteiger partial charge in [-0.05, 0) is 42.5 Å². The number of para-hydroxylation sites is 1. The van der Waals surface area contributed by atoms with Crippen LogP contribution in [0.4, 0.5) is 22.7 Å². The van der Waals surface area contributed by atoms with E-state index in [2.05, 4.69) is 5.32 Å². The van der Waals surface area contributed by atoms with Gasteiger partial charge in [-0.2, -0.15) is 0 Å². The molecule has 0 aromatic heterocycles. The van der Waals surface area contributed by atoms with E-state index in [0.717, 1.165) is 11.8 Å². The Morgan fingerprint density at radius 3 is 1.97 bits per heavy atom. The van der Waals surface area contributed by atoms with E-state index in [1.165, 1.54) is 12.1 Å². The third kappa shape index (κ3) is 5.42. The molecule has 0 unspecified atom stereocenters. The number of non-ortho nitro benzene ring substituents is 1. The monoisotopic (exact) mass is 395 g/mol. The summed E-state index contributed by atoms with van der Waals surface area (Å²) in [7, 11) is 0. The number of anilines is 2. The van der Waals surface area contributed by atoms with E-state index in [1.54, 1.807) is 24.3 Å². The van der Waals surface area contributed by atoms with Crippen molar-refractivity contribution in [3.8, 4) is 11.5 Å². The van der Waals surface area contributed by atoms with Gasteiger partial charge < -0.3 is 14.8 Å². The van der Waals surface area contributed by atoms with Gasteiger partial charge in [0.05, 0.1) is 15.9 Å². The predicted molar refractivity (Wildman–Crippen MR) is 107 cm³/mol. The van der Waals surface area contributed by atoms with Crippen LogP contribution in [0.3, 0.4) is 0 Å². The first-order chi connectivity index (χ1) is 14.0. The van der Waals surface area contributed by atoms with E-state index in [0.29, 0.717) is 24.7 Å². The fraction of sp³-hybridized carbons (Fsp3) is 0.100. The first-order valence-electron chi connectivity index (χ1n) is 8.63. The maximum absolute atomic E-state index is 11.2.